The zero-order chi connectivity index (χ0) is 15.5. The number of carbonyl (C=O) groups is 1. The average molecular weight is 302 g/mol. The van der Waals surface area contributed by atoms with E-state index in [9.17, 15) is 4.79 Å². The Balaban J connectivity index is 1.65. The molecule has 0 bridgehead atoms. The van der Waals surface area contributed by atoms with Gasteiger partial charge < -0.3 is 19.0 Å². The van der Waals surface area contributed by atoms with Crippen molar-refractivity contribution in [2.75, 3.05) is 38.2 Å². The highest BCUT2D eigenvalue weighted by atomic mass is 16.5. The number of amides is 1. The van der Waals surface area contributed by atoms with Crippen molar-refractivity contribution in [2.45, 2.75) is 6.92 Å². The van der Waals surface area contributed by atoms with Crippen molar-refractivity contribution in [1.82, 2.24) is 14.9 Å². The van der Waals surface area contributed by atoms with Gasteiger partial charge >= 0.3 is 0 Å². The van der Waals surface area contributed by atoms with E-state index in [2.05, 4.69) is 14.9 Å². The average Bonchev–Trinajstić information content (AvgIpc) is 3.00. The first-order chi connectivity index (χ1) is 10.7. The molecule has 7 nitrogen and oxygen atoms in total. The van der Waals surface area contributed by atoms with Crippen LogP contribution in [0.1, 0.15) is 16.1 Å². The lowest BCUT2D eigenvalue weighted by Gasteiger charge is -2.34. The number of aromatic nitrogens is 2. The Kier molecular flexibility index (Phi) is 3.95. The first kappa shape index (κ1) is 14.4. The lowest BCUT2D eigenvalue weighted by molar-refractivity contribution is 0.0744. The molecule has 0 aliphatic carbocycles. The Bertz CT molecular complexity index is 662. The van der Waals surface area contributed by atoms with Crippen molar-refractivity contribution in [3.8, 4) is 5.88 Å². The summed E-state index contributed by atoms with van der Waals surface area (Å²) < 4.78 is 10.3. The van der Waals surface area contributed by atoms with Gasteiger partial charge in [0.15, 0.2) is 0 Å². The van der Waals surface area contributed by atoms with Gasteiger partial charge in [0.25, 0.3) is 5.91 Å². The van der Waals surface area contributed by atoms with Crippen LogP contribution in [0, 0.1) is 6.92 Å². The van der Waals surface area contributed by atoms with Crippen molar-refractivity contribution in [2.24, 2.45) is 0 Å². The van der Waals surface area contributed by atoms with Crippen LogP contribution < -0.4 is 9.64 Å². The standard InChI is InChI=1S/C15H18N4O3/c1-11-12(4-10-22-11)14(20)18-6-8-19(9-7-18)15-16-5-3-13(17-15)21-2/h3-5,10H,6-9H2,1-2H3. The molecular formula is C15H18N4O3. The molecule has 0 unspecified atom stereocenters. The second-order valence-corrected chi connectivity index (χ2v) is 5.07. The summed E-state index contributed by atoms with van der Waals surface area (Å²) in [5, 5.41) is 0. The van der Waals surface area contributed by atoms with Gasteiger partial charge in [0.05, 0.1) is 18.9 Å². The molecule has 1 aliphatic heterocycles. The molecule has 1 saturated heterocycles. The van der Waals surface area contributed by atoms with E-state index in [0.29, 0.717) is 49.3 Å². The first-order valence-corrected chi connectivity index (χ1v) is 7.14. The maximum absolute atomic E-state index is 12.4. The molecule has 7 heteroatoms. The zero-order valence-corrected chi connectivity index (χ0v) is 12.7. The minimum Gasteiger partial charge on any atom is -0.481 e. The molecule has 3 heterocycles. The number of nitrogens with zero attached hydrogens (tertiary/aromatic N) is 4. The third-order valence-corrected chi connectivity index (χ3v) is 3.77. The van der Waals surface area contributed by atoms with Crippen molar-refractivity contribution in [1.29, 1.82) is 0 Å². The van der Waals surface area contributed by atoms with Crippen molar-refractivity contribution < 1.29 is 13.9 Å². The predicted molar refractivity (Wildman–Crippen MR) is 80.1 cm³/mol. The van der Waals surface area contributed by atoms with E-state index >= 15 is 0 Å². The van der Waals surface area contributed by atoms with Crippen LogP contribution in [0.5, 0.6) is 5.88 Å². The molecule has 116 valence electrons. The Morgan fingerprint density at radius 2 is 2.05 bits per heavy atom. The van der Waals surface area contributed by atoms with E-state index in [4.69, 9.17) is 9.15 Å². The highest BCUT2D eigenvalue weighted by Gasteiger charge is 2.25. The van der Waals surface area contributed by atoms with Gasteiger partial charge in [0.1, 0.15) is 5.76 Å². The van der Waals surface area contributed by atoms with Gasteiger partial charge in [0.2, 0.25) is 11.8 Å². The fourth-order valence-corrected chi connectivity index (χ4v) is 2.49. The van der Waals surface area contributed by atoms with Gasteiger partial charge in [-0.2, -0.15) is 4.98 Å². The van der Waals surface area contributed by atoms with Crippen LogP contribution in [0.15, 0.2) is 29.0 Å². The molecule has 0 spiro atoms. The molecule has 1 aliphatic rings. The second-order valence-electron chi connectivity index (χ2n) is 5.07. The summed E-state index contributed by atoms with van der Waals surface area (Å²) in [6.45, 7) is 4.44. The molecule has 0 aromatic carbocycles. The summed E-state index contributed by atoms with van der Waals surface area (Å²) in [5.74, 6) is 1.84. The van der Waals surface area contributed by atoms with Crippen LogP contribution in [0.3, 0.4) is 0 Å². The largest absolute Gasteiger partial charge is 0.481 e. The fraction of sp³-hybridized carbons (Fsp3) is 0.400. The topological polar surface area (TPSA) is 71.7 Å². The molecule has 0 N–H and O–H groups in total. The van der Waals surface area contributed by atoms with Crippen LogP contribution in [0.4, 0.5) is 5.95 Å². The molecule has 0 radical (unpaired) electrons. The maximum Gasteiger partial charge on any atom is 0.257 e. The summed E-state index contributed by atoms with van der Waals surface area (Å²) in [5.41, 5.74) is 0.631. The van der Waals surface area contributed by atoms with E-state index in [1.165, 1.54) is 0 Å². The van der Waals surface area contributed by atoms with Crippen molar-refractivity contribution in [3.05, 3.63) is 35.9 Å². The Labute approximate surface area is 128 Å². The molecule has 1 fully saturated rings. The number of anilines is 1. The van der Waals surface area contributed by atoms with Gasteiger partial charge in [0, 0.05) is 38.4 Å². The highest BCUT2D eigenvalue weighted by Crippen LogP contribution is 2.17. The SMILES string of the molecule is COc1ccnc(N2CCN(C(=O)c3ccoc3C)CC2)n1. The number of hydrogen-bond acceptors (Lipinski definition) is 6. The molecule has 3 rings (SSSR count). The normalized spacial score (nSPS) is 15.0. The maximum atomic E-state index is 12.4. The Hall–Kier alpha value is -2.57. The Morgan fingerprint density at radius 3 is 2.68 bits per heavy atom. The van der Waals surface area contributed by atoms with Gasteiger partial charge in [-0.15, -0.1) is 0 Å². The summed E-state index contributed by atoms with van der Waals surface area (Å²) in [7, 11) is 1.58. The quantitative estimate of drug-likeness (QED) is 0.852. The smallest absolute Gasteiger partial charge is 0.257 e. The van der Waals surface area contributed by atoms with E-state index in [1.807, 2.05) is 4.90 Å². The zero-order valence-electron chi connectivity index (χ0n) is 12.7. The van der Waals surface area contributed by atoms with Crippen LogP contribution >= 0.6 is 0 Å². The first-order valence-electron chi connectivity index (χ1n) is 7.14. The number of ether oxygens (including phenoxy) is 1. The van der Waals surface area contributed by atoms with Crippen LogP contribution in [-0.2, 0) is 0 Å². The molecule has 0 atom stereocenters. The second kappa shape index (κ2) is 6.05. The van der Waals surface area contributed by atoms with Crippen LogP contribution in [0.2, 0.25) is 0 Å². The number of carbonyl (C=O) groups excluding carboxylic acids is 1. The van der Waals surface area contributed by atoms with Crippen molar-refractivity contribution >= 4 is 11.9 Å². The molecule has 1 amide bonds. The molecule has 2 aromatic rings. The van der Waals surface area contributed by atoms with Crippen LogP contribution in [0.25, 0.3) is 0 Å². The van der Waals surface area contributed by atoms with Gasteiger partial charge in [-0.25, -0.2) is 4.98 Å². The lowest BCUT2D eigenvalue weighted by Crippen LogP contribution is -2.49. The number of aryl methyl sites for hydroxylation is 1. The molecule has 22 heavy (non-hydrogen) atoms. The van der Waals surface area contributed by atoms with Crippen molar-refractivity contribution in [3.63, 3.8) is 0 Å². The van der Waals surface area contributed by atoms with Gasteiger partial charge in [-0.3, -0.25) is 4.79 Å². The highest BCUT2D eigenvalue weighted by molar-refractivity contribution is 5.95. The van der Waals surface area contributed by atoms with Gasteiger partial charge in [-0.05, 0) is 13.0 Å². The number of methoxy groups -OCH3 is 1. The van der Waals surface area contributed by atoms with Gasteiger partial charge in [-0.1, -0.05) is 0 Å². The number of piperazine rings is 1. The summed E-state index contributed by atoms with van der Waals surface area (Å²) >= 11 is 0. The summed E-state index contributed by atoms with van der Waals surface area (Å²) in [6.07, 6.45) is 3.22. The monoisotopic (exact) mass is 302 g/mol. The number of furan rings is 1. The molecule has 2 aromatic heterocycles. The summed E-state index contributed by atoms with van der Waals surface area (Å²) in [4.78, 5) is 24.9. The van der Waals surface area contributed by atoms with E-state index < -0.39 is 0 Å². The molecular weight excluding hydrogens is 284 g/mol. The fourth-order valence-electron chi connectivity index (χ4n) is 2.49. The van der Waals surface area contributed by atoms with E-state index in [0.717, 1.165) is 0 Å². The van der Waals surface area contributed by atoms with E-state index in [1.54, 1.807) is 38.6 Å². The summed E-state index contributed by atoms with van der Waals surface area (Å²) in [6, 6.07) is 3.43. The van der Waals surface area contributed by atoms with Crippen LogP contribution in [-0.4, -0.2) is 54.1 Å². The third kappa shape index (κ3) is 2.74. The van der Waals surface area contributed by atoms with E-state index in [-0.39, 0.29) is 5.91 Å². The Morgan fingerprint density at radius 1 is 1.27 bits per heavy atom. The third-order valence-electron chi connectivity index (χ3n) is 3.77. The number of rotatable bonds is 3. The minimum atomic E-state index is 0.0115. The predicted octanol–water partition coefficient (Wildman–Crippen LogP) is 1.35. The molecule has 0 saturated carbocycles. The number of hydrogen-bond donors (Lipinski definition) is 0. The minimum absolute atomic E-state index is 0.0115. The lowest BCUT2D eigenvalue weighted by atomic mass is 10.2.